The lowest BCUT2D eigenvalue weighted by Gasteiger charge is -2.01. The van der Waals surface area contributed by atoms with Gasteiger partial charge in [-0.25, -0.2) is 4.99 Å². The van der Waals surface area contributed by atoms with Crippen LogP contribution in [-0.4, -0.2) is 16.7 Å². The van der Waals surface area contributed by atoms with Crippen LogP contribution in [0.1, 0.15) is 12.5 Å². The van der Waals surface area contributed by atoms with Crippen molar-refractivity contribution in [2.24, 2.45) is 4.99 Å². The molecule has 0 aliphatic carbocycles. The third kappa shape index (κ3) is 2.48. The van der Waals surface area contributed by atoms with Gasteiger partial charge in [0.15, 0.2) is 0 Å². The molecule has 0 aliphatic heterocycles. The Morgan fingerprint density at radius 1 is 1.24 bits per heavy atom. The topological polar surface area (TPSA) is 41.0 Å². The molecule has 3 aromatic rings. The van der Waals surface area contributed by atoms with Crippen molar-refractivity contribution in [1.29, 1.82) is 0 Å². The minimum atomic E-state index is -0.591. The van der Waals surface area contributed by atoms with Gasteiger partial charge in [-0.1, -0.05) is 18.2 Å². The molecule has 2 heterocycles. The van der Waals surface area contributed by atoms with Crippen LogP contribution in [0.4, 0.5) is 4.39 Å². The van der Waals surface area contributed by atoms with Crippen LogP contribution < -0.4 is 0 Å². The van der Waals surface area contributed by atoms with Gasteiger partial charge in [0, 0.05) is 34.2 Å². The molecule has 4 heteroatoms. The van der Waals surface area contributed by atoms with Crippen LogP contribution in [0.2, 0.25) is 0 Å². The van der Waals surface area contributed by atoms with Crippen molar-refractivity contribution in [3.8, 4) is 0 Å². The number of nitrogens with zero attached hydrogens (tertiary/aromatic N) is 2. The van der Waals surface area contributed by atoms with E-state index in [9.17, 15) is 4.39 Å². The summed E-state index contributed by atoms with van der Waals surface area (Å²) in [6, 6.07) is 8.07. The third-order valence-electron chi connectivity index (χ3n) is 3.48. The highest BCUT2D eigenvalue weighted by Gasteiger charge is 2.05. The highest BCUT2D eigenvalue weighted by atomic mass is 19.1. The summed E-state index contributed by atoms with van der Waals surface area (Å²) < 4.78 is 13.0. The SMILES string of the molecule is C=N/C(F)=C\C=C(/C)c1ccc2c(c1)[nH]c1ccncc12. The average molecular weight is 279 g/mol. The molecule has 0 radical (unpaired) electrons. The van der Waals surface area contributed by atoms with E-state index in [1.807, 2.05) is 37.4 Å². The second-order valence-corrected chi connectivity index (χ2v) is 4.80. The number of hydrogen-bond donors (Lipinski definition) is 1. The van der Waals surface area contributed by atoms with Gasteiger partial charge in [-0.2, -0.15) is 4.39 Å². The van der Waals surface area contributed by atoms with Crippen molar-refractivity contribution in [2.75, 3.05) is 0 Å². The Labute approximate surface area is 121 Å². The summed E-state index contributed by atoms with van der Waals surface area (Å²) in [5.41, 5.74) is 4.07. The molecule has 1 aromatic carbocycles. The van der Waals surface area contributed by atoms with Crippen LogP contribution in [0.5, 0.6) is 0 Å². The van der Waals surface area contributed by atoms with Gasteiger partial charge >= 0.3 is 0 Å². The lowest BCUT2D eigenvalue weighted by atomic mass is 10.0. The van der Waals surface area contributed by atoms with Gasteiger partial charge in [0.2, 0.25) is 5.95 Å². The predicted octanol–water partition coefficient (Wildman–Crippen LogP) is 4.63. The lowest BCUT2D eigenvalue weighted by Crippen LogP contribution is -1.79. The van der Waals surface area contributed by atoms with Crippen LogP contribution in [0, 0.1) is 0 Å². The summed E-state index contributed by atoms with van der Waals surface area (Å²) >= 11 is 0. The lowest BCUT2D eigenvalue weighted by molar-refractivity contribution is 0.630. The molecule has 0 bridgehead atoms. The van der Waals surface area contributed by atoms with E-state index in [-0.39, 0.29) is 0 Å². The molecule has 0 unspecified atom stereocenters. The van der Waals surface area contributed by atoms with Crippen molar-refractivity contribution < 1.29 is 4.39 Å². The minimum absolute atomic E-state index is 0.591. The zero-order valence-corrected chi connectivity index (χ0v) is 11.6. The monoisotopic (exact) mass is 279 g/mol. The number of H-pyrrole nitrogens is 1. The molecule has 0 aliphatic rings. The fourth-order valence-electron chi connectivity index (χ4n) is 2.33. The smallest absolute Gasteiger partial charge is 0.212 e. The van der Waals surface area contributed by atoms with Crippen LogP contribution in [0.25, 0.3) is 27.4 Å². The minimum Gasteiger partial charge on any atom is -0.354 e. The van der Waals surface area contributed by atoms with E-state index in [1.165, 1.54) is 6.08 Å². The first kappa shape index (κ1) is 13.2. The third-order valence-corrected chi connectivity index (χ3v) is 3.48. The maximum Gasteiger partial charge on any atom is 0.212 e. The number of benzene rings is 1. The molecule has 2 aromatic heterocycles. The Hall–Kier alpha value is -2.75. The largest absolute Gasteiger partial charge is 0.354 e. The molecule has 0 atom stereocenters. The van der Waals surface area contributed by atoms with Crippen LogP contribution in [0.15, 0.2) is 59.8 Å². The number of allylic oxidation sites excluding steroid dienone is 3. The molecular formula is C17H14FN3. The summed E-state index contributed by atoms with van der Waals surface area (Å²) in [5, 5.41) is 2.23. The Kier molecular flexibility index (Phi) is 3.36. The number of fused-ring (bicyclic) bond motifs is 3. The van der Waals surface area contributed by atoms with Crippen molar-refractivity contribution in [3.63, 3.8) is 0 Å². The molecular weight excluding hydrogens is 265 g/mol. The Morgan fingerprint density at radius 3 is 2.90 bits per heavy atom. The van der Waals surface area contributed by atoms with Gasteiger partial charge in [-0.3, -0.25) is 4.98 Å². The molecule has 0 saturated heterocycles. The van der Waals surface area contributed by atoms with E-state index >= 15 is 0 Å². The molecule has 3 nitrogen and oxygen atoms in total. The molecule has 3 rings (SSSR count). The highest BCUT2D eigenvalue weighted by Crippen LogP contribution is 2.27. The zero-order valence-electron chi connectivity index (χ0n) is 11.6. The fraction of sp³-hybridized carbons (Fsp3) is 0.0588. The molecule has 21 heavy (non-hydrogen) atoms. The number of nitrogens with one attached hydrogen (secondary N) is 1. The fourth-order valence-corrected chi connectivity index (χ4v) is 2.33. The Balaban J connectivity index is 2.09. The Bertz CT molecular complexity index is 887. The summed E-state index contributed by atoms with van der Waals surface area (Å²) in [5.74, 6) is -0.591. The number of rotatable bonds is 3. The number of aromatic amines is 1. The normalized spacial score (nSPS) is 13.0. The number of hydrogen-bond acceptors (Lipinski definition) is 2. The molecule has 0 fully saturated rings. The molecule has 104 valence electrons. The van der Waals surface area contributed by atoms with E-state index in [2.05, 4.69) is 21.7 Å². The first-order valence-corrected chi connectivity index (χ1v) is 6.55. The second kappa shape index (κ2) is 5.32. The van der Waals surface area contributed by atoms with Crippen LogP contribution in [0.3, 0.4) is 0 Å². The van der Waals surface area contributed by atoms with Gasteiger partial charge in [0.05, 0.1) is 0 Å². The van der Waals surface area contributed by atoms with E-state index < -0.39 is 5.95 Å². The number of aliphatic imine (C=N–C) groups is 1. The van der Waals surface area contributed by atoms with Gasteiger partial charge in [-0.15, -0.1) is 0 Å². The number of pyridine rings is 1. The van der Waals surface area contributed by atoms with Crippen LogP contribution in [-0.2, 0) is 0 Å². The first-order valence-electron chi connectivity index (χ1n) is 6.55. The standard InChI is InChI=1S/C17H14FN3/c1-11(3-6-17(18)19-2)12-4-5-13-14-10-20-8-7-15(14)21-16(13)9-12/h3-10,21H,2H2,1H3/b11-3+,17-6-. The van der Waals surface area contributed by atoms with E-state index in [1.54, 1.807) is 12.3 Å². The maximum absolute atomic E-state index is 13.0. The summed E-state index contributed by atoms with van der Waals surface area (Å²) in [6.07, 6.45) is 6.61. The molecule has 0 amide bonds. The quantitative estimate of drug-likeness (QED) is 0.424. The summed E-state index contributed by atoms with van der Waals surface area (Å²) in [4.78, 5) is 10.7. The van der Waals surface area contributed by atoms with Gasteiger partial charge < -0.3 is 4.98 Å². The number of aromatic nitrogens is 2. The van der Waals surface area contributed by atoms with E-state index in [0.29, 0.717) is 0 Å². The Morgan fingerprint density at radius 2 is 2.10 bits per heavy atom. The predicted molar refractivity (Wildman–Crippen MR) is 86.0 cm³/mol. The van der Waals surface area contributed by atoms with Gasteiger partial charge in [-0.05, 0) is 43.0 Å². The molecule has 0 spiro atoms. The van der Waals surface area contributed by atoms with Gasteiger partial charge in [0.1, 0.15) is 0 Å². The van der Waals surface area contributed by atoms with E-state index in [4.69, 9.17) is 0 Å². The van der Waals surface area contributed by atoms with Crippen molar-refractivity contribution in [3.05, 3.63) is 60.3 Å². The zero-order chi connectivity index (χ0) is 14.8. The summed E-state index contributed by atoms with van der Waals surface area (Å²) in [6.45, 7) is 5.07. The van der Waals surface area contributed by atoms with Crippen molar-refractivity contribution in [2.45, 2.75) is 6.92 Å². The summed E-state index contributed by atoms with van der Waals surface area (Å²) in [7, 11) is 0. The highest BCUT2D eigenvalue weighted by molar-refractivity contribution is 6.07. The van der Waals surface area contributed by atoms with Crippen LogP contribution >= 0.6 is 0 Å². The van der Waals surface area contributed by atoms with Crippen molar-refractivity contribution >= 4 is 34.1 Å². The van der Waals surface area contributed by atoms with Gasteiger partial charge in [0.25, 0.3) is 0 Å². The first-order chi connectivity index (χ1) is 10.2. The number of halogens is 1. The average Bonchev–Trinajstić information content (AvgIpc) is 2.89. The molecule has 1 N–H and O–H groups in total. The van der Waals surface area contributed by atoms with E-state index in [0.717, 1.165) is 32.9 Å². The molecule has 0 saturated carbocycles. The van der Waals surface area contributed by atoms with Crippen molar-refractivity contribution in [1.82, 2.24) is 9.97 Å². The second-order valence-electron chi connectivity index (χ2n) is 4.80. The maximum atomic E-state index is 13.0.